The highest BCUT2D eigenvalue weighted by atomic mass is 35.5. The van der Waals surface area contributed by atoms with Gasteiger partial charge in [-0.3, -0.25) is 14.4 Å². The third-order valence-corrected chi connectivity index (χ3v) is 17.1. The SMILES string of the molecule is CC[C@H]1OC(=O)[C@H](C)[C@@H](O[C@H]2C[C@@](C)(OC)[C@H](NC(=O)CCOCCOc3cc4c(=O)c(C(=O)O)cn(C5CC5)c4cc3Cl)[C@H](C)O2)[C@H](C)[C@@H](O[C@@H]2O[C@H](C)C[C@H](N(C)C)[C@H]2O)[C@](C)(O)C[C@@H](C)CN(C)[C@H](C)[C@@H](O)[C@]1(C)O. The third kappa shape index (κ3) is 14.5. The summed E-state index contributed by atoms with van der Waals surface area (Å²) < 4.78 is 52.2. The number of carboxylic acids is 1. The summed E-state index contributed by atoms with van der Waals surface area (Å²) in [5, 5.41) is 61.3. The average molecular weight is 1130 g/mol. The second-order valence-electron chi connectivity index (χ2n) is 23.6. The van der Waals surface area contributed by atoms with Crippen molar-refractivity contribution in [3.63, 3.8) is 0 Å². The first-order chi connectivity index (χ1) is 36.5. The van der Waals surface area contributed by atoms with Crippen molar-refractivity contribution in [2.75, 3.05) is 54.6 Å². The zero-order valence-corrected chi connectivity index (χ0v) is 48.9. The van der Waals surface area contributed by atoms with Crippen LogP contribution in [0.1, 0.15) is 131 Å². The fourth-order valence-corrected chi connectivity index (χ4v) is 12.2. The Labute approximate surface area is 464 Å². The van der Waals surface area contributed by atoms with Crippen LogP contribution < -0.4 is 15.5 Å². The van der Waals surface area contributed by atoms with Crippen LogP contribution >= 0.6 is 11.6 Å². The Kier molecular flexibility index (Phi) is 21.3. The Morgan fingerprint density at radius 1 is 0.962 bits per heavy atom. The lowest BCUT2D eigenvalue weighted by molar-refractivity contribution is -0.311. The Morgan fingerprint density at radius 2 is 1.64 bits per heavy atom. The molecule has 21 nitrogen and oxygen atoms in total. The van der Waals surface area contributed by atoms with Crippen molar-refractivity contribution in [1.29, 1.82) is 0 Å². The van der Waals surface area contributed by atoms with E-state index in [4.69, 9.17) is 49.5 Å². The van der Waals surface area contributed by atoms with Crippen molar-refractivity contribution >= 4 is 40.3 Å². The molecule has 0 bridgehead atoms. The molecule has 442 valence electrons. The molecule has 22 heteroatoms. The average Bonchev–Trinajstić information content (AvgIpc) is 4.28. The molecule has 4 fully saturated rings. The number of likely N-dealkylation sites (N-methyl/N-ethyl adjacent to an activating group) is 2. The molecule has 6 N–H and O–H groups in total. The maximum absolute atomic E-state index is 14.6. The van der Waals surface area contributed by atoms with Gasteiger partial charge in [-0.1, -0.05) is 32.4 Å². The van der Waals surface area contributed by atoms with Crippen LogP contribution in [0.15, 0.2) is 23.1 Å². The number of rotatable bonds is 17. The number of esters is 1. The van der Waals surface area contributed by atoms with E-state index in [1.165, 1.54) is 26.3 Å². The minimum absolute atomic E-state index is 0.0187. The number of aromatic nitrogens is 1. The first-order valence-electron chi connectivity index (χ1n) is 27.6. The van der Waals surface area contributed by atoms with Gasteiger partial charge in [0.25, 0.3) is 0 Å². The van der Waals surface area contributed by atoms with Crippen LogP contribution in [0.25, 0.3) is 10.9 Å². The quantitative estimate of drug-likeness (QED) is 0.0940. The van der Waals surface area contributed by atoms with Crippen LogP contribution in [0.2, 0.25) is 5.02 Å². The van der Waals surface area contributed by atoms with Crippen LogP contribution in [0.4, 0.5) is 0 Å². The number of pyridine rings is 1. The van der Waals surface area contributed by atoms with Gasteiger partial charge in [0.05, 0.1) is 76.7 Å². The standard InChI is InChI=1S/C56H89ClN4O17/c1-15-42-56(10,70)49(65)33(6)60(13)27-29(2)25-54(8,69)50(78-53-46(64)40(59(11)12)22-30(3)74-53)31(4)47(32(5)52(68)76-42)77-44-26-55(9,71-14)48(34(7)75-44)58-43(62)18-19-72-20-21-73-41-23-36-39(24-38(41)57)61(35-16-17-35)28-37(45(36)63)51(66)67/h23-24,28-35,40,42,44,46-50,53,64-65,69-70H,15-22,25-27H2,1-14H3,(H,58,62)(H,66,67)/t29-,30-,31+,32-,33-,34+,40+,42-,44+,46-,47+,48-,49-,50-,53+,54-,55-,56-/m1/s1. The van der Waals surface area contributed by atoms with E-state index in [1.807, 2.05) is 51.7 Å². The predicted octanol–water partition coefficient (Wildman–Crippen LogP) is 4.51. The molecule has 4 heterocycles. The molecule has 1 amide bonds. The van der Waals surface area contributed by atoms with E-state index >= 15 is 0 Å². The maximum Gasteiger partial charge on any atom is 0.341 e. The predicted molar refractivity (Wildman–Crippen MR) is 289 cm³/mol. The van der Waals surface area contributed by atoms with Gasteiger partial charge in [-0.15, -0.1) is 0 Å². The molecule has 1 aromatic heterocycles. The van der Waals surface area contributed by atoms with Gasteiger partial charge < -0.3 is 83.1 Å². The maximum atomic E-state index is 14.6. The number of aliphatic hydroxyl groups is 4. The lowest BCUT2D eigenvalue weighted by atomic mass is 9.77. The van der Waals surface area contributed by atoms with Gasteiger partial charge in [-0.25, -0.2) is 4.79 Å². The van der Waals surface area contributed by atoms with Gasteiger partial charge in [0.2, 0.25) is 11.3 Å². The molecular weight excluding hydrogens is 1040 g/mol. The van der Waals surface area contributed by atoms with Crippen LogP contribution in [-0.2, 0) is 42.7 Å². The lowest BCUT2D eigenvalue weighted by Crippen LogP contribution is -2.64. The van der Waals surface area contributed by atoms with Crippen molar-refractivity contribution in [1.82, 2.24) is 19.7 Å². The minimum Gasteiger partial charge on any atom is -0.490 e. The monoisotopic (exact) mass is 1120 g/mol. The number of aliphatic hydroxyl groups excluding tert-OH is 2. The molecule has 78 heavy (non-hydrogen) atoms. The molecule has 6 rings (SSSR count). The summed E-state index contributed by atoms with van der Waals surface area (Å²) in [6, 6.07) is 1.52. The number of halogens is 1. The molecule has 0 radical (unpaired) electrons. The molecule has 1 aliphatic carbocycles. The van der Waals surface area contributed by atoms with Gasteiger partial charge >= 0.3 is 11.9 Å². The molecule has 18 atom stereocenters. The van der Waals surface area contributed by atoms with E-state index in [1.54, 1.807) is 52.2 Å². The summed E-state index contributed by atoms with van der Waals surface area (Å²) in [7, 11) is 7.08. The summed E-state index contributed by atoms with van der Waals surface area (Å²) in [5.74, 6) is -4.38. The summed E-state index contributed by atoms with van der Waals surface area (Å²) in [6.07, 6.45) is -5.10. The van der Waals surface area contributed by atoms with Crippen LogP contribution in [0.5, 0.6) is 5.75 Å². The van der Waals surface area contributed by atoms with E-state index in [-0.39, 0.29) is 97.2 Å². The van der Waals surface area contributed by atoms with Crippen molar-refractivity contribution in [2.24, 2.45) is 17.8 Å². The Hall–Kier alpha value is -3.55. The number of amides is 1. The third-order valence-electron chi connectivity index (χ3n) is 16.8. The first kappa shape index (κ1) is 63.6. The fraction of sp³-hybridized carbons (Fsp3) is 0.786. The number of fused-ring (bicyclic) bond motifs is 1. The highest BCUT2D eigenvalue weighted by molar-refractivity contribution is 6.32. The van der Waals surface area contributed by atoms with Crippen molar-refractivity contribution in [3.8, 4) is 5.75 Å². The fourth-order valence-electron chi connectivity index (χ4n) is 12.0. The number of nitrogens with one attached hydrogen (secondary N) is 1. The zero-order chi connectivity index (χ0) is 57.9. The number of benzene rings is 1. The van der Waals surface area contributed by atoms with E-state index in [9.17, 15) is 44.7 Å². The number of aromatic carboxylic acids is 1. The van der Waals surface area contributed by atoms with E-state index in [0.717, 1.165) is 12.8 Å². The number of cyclic esters (lactones) is 1. The number of nitrogens with zero attached hydrogens (tertiary/aromatic N) is 3. The summed E-state index contributed by atoms with van der Waals surface area (Å²) in [6.45, 7) is 18.0. The first-order valence-corrected chi connectivity index (χ1v) is 28.0. The summed E-state index contributed by atoms with van der Waals surface area (Å²) in [4.78, 5) is 57.0. The highest BCUT2D eigenvalue weighted by Gasteiger charge is 2.53. The molecule has 3 saturated heterocycles. The number of hydrogen-bond donors (Lipinski definition) is 6. The smallest absolute Gasteiger partial charge is 0.341 e. The van der Waals surface area contributed by atoms with Crippen LogP contribution in [-0.4, -0.2) is 203 Å². The Bertz CT molecular complexity index is 2440. The summed E-state index contributed by atoms with van der Waals surface area (Å²) >= 11 is 6.56. The number of carboxylic acid groups (broad SMARTS) is 1. The Balaban J connectivity index is 1.18. The number of ether oxygens (including phenoxy) is 8. The normalized spacial score (nSPS) is 37.8. The molecular formula is C56H89ClN4O17. The van der Waals surface area contributed by atoms with Crippen molar-refractivity contribution in [2.45, 2.75) is 210 Å². The molecule has 2 aromatic rings. The molecule has 1 aromatic carbocycles. The minimum atomic E-state index is -1.87. The molecule has 4 aliphatic rings. The second kappa shape index (κ2) is 26.1. The number of carbonyl (C=O) groups is 3. The molecule has 1 saturated carbocycles. The van der Waals surface area contributed by atoms with Crippen LogP contribution in [0, 0.1) is 17.8 Å². The lowest BCUT2D eigenvalue weighted by Gasteiger charge is -2.49. The molecule has 3 aliphatic heterocycles. The number of hydrogen-bond acceptors (Lipinski definition) is 18. The Morgan fingerprint density at radius 3 is 2.26 bits per heavy atom. The largest absolute Gasteiger partial charge is 0.490 e. The van der Waals surface area contributed by atoms with Gasteiger partial charge in [0.1, 0.15) is 41.8 Å². The van der Waals surface area contributed by atoms with E-state index in [2.05, 4.69) is 5.32 Å². The van der Waals surface area contributed by atoms with E-state index < -0.39 is 107 Å². The van der Waals surface area contributed by atoms with Gasteiger partial charge in [0, 0.05) is 56.7 Å². The topological polar surface area (TPSA) is 267 Å². The van der Waals surface area contributed by atoms with Crippen molar-refractivity contribution < 1.29 is 77.8 Å². The second-order valence-corrected chi connectivity index (χ2v) is 24.0. The number of carbonyl (C=O) groups excluding carboxylic acids is 2. The zero-order valence-electron chi connectivity index (χ0n) is 48.1. The van der Waals surface area contributed by atoms with Crippen molar-refractivity contribution in [3.05, 3.63) is 39.1 Å². The number of methoxy groups -OCH3 is 1. The van der Waals surface area contributed by atoms with Gasteiger partial charge in [-0.05, 0) is 120 Å². The van der Waals surface area contributed by atoms with Gasteiger partial charge in [0.15, 0.2) is 12.6 Å². The van der Waals surface area contributed by atoms with Gasteiger partial charge in [-0.2, -0.15) is 0 Å². The molecule has 0 unspecified atom stereocenters. The van der Waals surface area contributed by atoms with E-state index in [0.29, 0.717) is 18.5 Å². The highest BCUT2D eigenvalue weighted by Crippen LogP contribution is 2.42. The molecule has 0 spiro atoms. The summed E-state index contributed by atoms with van der Waals surface area (Å²) in [5.41, 5.74) is -5.05. The van der Waals surface area contributed by atoms with Crippen LogP contribution in [0.3, 0.4) is 0 Å².